The third-order valence-corrected chi connectivity index (χ3v) is 5.52. The molecule has 1 fully saturated rings. The molecule has 0 amide bonds. The van der Waals surface area contributed by atoms with Gasteiger partial charge >= 0.3 is 23.9 Å². The van der Waals surface area contributed by atoms with Crippen molar-refractivity contribution >= 4 is 57.7 Å². The van der Waals surface area contributed by atoms with E-state index in [4.69, 9.17) is 35.9 Å². The summed E-state index contributed by atoms with van der Waals surface area (Å²) in [5, 5.41) is 8.03. The molecule has 11 nitrogen and oxygen atoms in total. The summed E-state index contributed by atoms with van der Waals surface area (Å²) in [4.78, 5) is 47.2. The third-order valence-electron chi connectivity index (χ3n) is 5.30. The largest absolute Gasteiger partial charge is 0.463 e. The first-order valence-corrected chi connectivity index (χ1v) is 11.8. The van der Waals surface area contributed by atoms with Gasteiger partial charge < -0.3 is 34.3 Å². The van der Waals surface area contributed by atoms with Crippen LogP contribution in [0.1, 0.15) is 27.7 Å². The lowest BCUT2D eigenvalue weighted by molar-refractivity contribution is -0.254. The molecular formula is C25H28N2O9S. The van der Waals surface area contributed by atoms with Gasteiger partial charge in [-0.15, -0.1) is 0 Å². The van der Waals surface area contributed by atoms with Crippen LogP contribution in [0, 0.1) is 0 Å². The third kappa shape index (κ3) is 7.61. The molecule has 2 N–H and O–H groups in total. The maximum absolute atomic E-state index is 12.0. The Morgan fingerprint density at radius 2 is 1.41 bits per heavy atom. The number of nitrogens with one attached hydrogen (secondary N) is 2. The molecule has 2 aromatic rings. The molecule has 3 rings (SSSR count). The van der Waals surface area contributed by atoms with Gasteiger partial charge in [-0.3, -0.25) is 19.2 Å². The molecule has 198 valence electrons. The zero-order valence-corrected chi connectivity index (χ0v) is 21.5. The summed E-state index contributed by atoms with van der Waals surface area (Å²) in [5.41, 5.74) is 0.709. The molecule has 0 unspecified atom stereocenters. The number of hydrogen-bond donors (Lipinski definition) is 2. The summed E-state index contributed by atoms with van der Waals surface area (Å²) in [6.45, 7) is 4.34. The first kappa shape index (κ1) is 27.8. The number of esters is 4. The summed E-state index contributed by atoms with van der Waals surface area (Å²) in [5.74, 6) is -2.73. The number of ether oxygens (including phenoxy) is 5. The monoisotopic (exact) mass is 532 g/mol. The van der Waals surface area contributed by atoms with E-state index in [9.17, 15) is 19.2 Å². The molecule has 0 aliphatic carbocycles. The van der Waals surface area contributed by atoms with E-state index < -0.39 is 54.5 Å². The zero-order valence-electron chi connectivity index (χ0n) is 20.7. The number of carbonyl (C=O) groups excluding carboxylic acids is 4. The SMILES string of the molecule is CC(=O)OC[C@@H]1O[C@@H](NC(=S)Nc2cccc3ccccc23)[C@@H](OC(C)=O)[C@@H](OC(C)=O)[C@H]1OC(C)=O. The van der Waals surface area contributed by atoms with Crippen LogP contribution in [-0.4, -0.2) is 66.2 Å². The van der Waals surface area contributed by atoms with E-state index in [0.29, 0.717) is 5.69 Å². The summed E-state index contributed by atoms with van der Waals surface area (Å²) >= 11 is 5.50. The van der Waals surface area contributed by atoms with Gasteiger partial charge in [-0.2, -0.15) is 0 Å². The minimum absolute atomic E-state index is 0.109. The van der Waals surface area contributed by atoms with Crippen molar-refractivity contribution in [2.45, 2.75) is 58.3 Å². The van der Waals surface area contributed by atoms with Crippen LogP contribution < -0.4 is 10.6 Å². The van der Waals surface area contributed by atoms with Gasteiger partial charge in [0.25, 0.3) is 0 Å². The lowest BCUT2D eigenvalue weighted by atomic mass is 9.97. The summed E-state index contributed by atoms with van der Waals surface area (Å²) in [7, 11) is 0. The highest BCUT2D eigenvalue weighted by atomic mass is 32.1. The van der Waals surface area contributed by atoms with Crippen LogP contribution in [-0.2, 0) is 42.9 Å². The van der Waals surface area contributed by atoms with Crippen molar-refractivity contribution in [3.8, 4) is 0 Å². The second kappa shape index (κ2) is 12.5. The first-order chi connectivity index (χ1) is 17.5. The average Bonchev–Trinajstić information content (AvgIpc) is 2.81. The smallest absolute Gasteiger partial charge is 0.303 e. The minimum atomic E-state index is -1.29. The van der Waals surface area contributed by atoms with Crippen LogP contribution in [0.3, 0.4) is 0 Å². The van der Waals surface area contributed by atoms with Crippen molar-refractivity contribution in [3.63, 3.8) is 0 Å². The Labute approximate surface area is 218 Å². The molecule has 0 bridgehead atoms. The lowest BCUT2D eigenvalue weighted by Gasteiger charge is -2.44. The normalized spacial score (nSPS) is 22.9. The molecule has 0 aromatic heterocycles. The number of anilines is 1. The van der Waals surface area contributed by atoms with Gasteiger partial charge in [0.05, 0.1) is 0 Å². The van der Waals surface area contributed by atoms with E-state index in [1.54, 1.807) is 0 Å². The van der Waals surface area contributed by atoms with E-state index in [0.717, 1.165) is 24.6 Å². The van der Waals surface area contributed by atoms with Gasteiger partial charge in [0.15, 0.2) is 29.7 Å². The number of carbonyl (C=O) groups is 4. The predicted octanol–water partition coefficient (Wildman–Crippen LogP) is 2.21. The van der Waals surface area contributed by atoms with Crippen molar-refractivity contribution in [2.24, 2.45) is 0 Å². The number of benzene rings is 2. The Morgan fingerprint density at radius 1 is 0.811 bits per heavy atom. The van der Waals surface area contributed by atoms with E-state index in [1.807, 2.05) is 42.5 Å². The topological polar surface area (TPSA) is 138 Å². The molecule has 37 heavy (non-hydrogen) atoms. The highest BCUT2D eigenvalue weighted by Crippen LogP contribution is 2.29. The lowest BCUT2D eigenvalue weighted by Crippen LogP contribution is -2.66. The van der Waals surface area contributed by atoms with Crippen LogP contribution >= 0.6 is 12.2 Å². The molecular weight excluding hydrogens is 504 g/mol. The number of fused-ring (bicyclic) bond motifs is 1. The Kier molecular flexibility index (Phi) is 9.36. The fourth-order valence-electron chi connectivity index (χ4n) is 3.97. The van der Waals surface area contributed by atoms with Crippen LogP contribution in [0.4, 0.5) is 5.69 Å². The molecule has 2 aromatic carbocycles. The molecule has 0 saturated carbocycles. The number of hydrogen-bond acceptors (Lipinski definition) is 10. The average molecular weight is 533 g/mol. The Hall–Kier alpha value is -3.77. The first-order valence-electron chi connectivity index (χ1n) is 11.4. The van der Waals surface area contributed by atoms with Gasteiger partial charge in [0.2, 0.25) is 0 Å². The minimum Gasteiger partial charge on any atom is -0.463 e. The maximum atomic E-state index is 12.0. The summed E-state index contributed by atoms with van der Waals surface area (Å²) < 4.78 is 27.3. The van der Waals surface area contributed by atoms with Gasteiger partial charge in [0.1, 0.15) is 12.7 Å². The van der Waals surface area contributed by atoms with E-state index in [-0.39, 0.29) is 11.7 Å². The van der Waals surface area contributed by atoms with Crippen LogP contribution in [0.2, 0.25) is 0 Å². The van der Waals surface area contributed by atoms with Crippen molar-refractivity contribution in [1.82, 2.24) is 5.32 Å². The number of thiocarbonyl (C=S) groups is 1. The molecule has 12 heteroatoms. The zero-order chi connectivity index (χ0) is 27.1. The summed E-state index contributed by atoms with van der Waals surface area (Å²) in [6, 6.07) is 13.3. The summed E-state index contributed by atoms with van der Waals surface area (Å²) in [6.07, 6.45) is -6.07. The van der Waals surface area contributed by atoms with E-state index in [1.165, 1.54) is 13.8 Å². The van der Waals surface area contributed by atoms with Crippen LogP contribution in [0.15, 0.2) is 42.5 Å². The Morgan fingerprint density at radius 3 is 2.05 bits per heavy atom. The molecule has 1 saturated heterocycles. The Balaban J connectivity index is 1.91. The molecule has 1 aliphatic rings. The molecule has 1 heterocycles. The fraction of sp³-hybridized carbons (Fsp3) is 0.400. The predicted molar refractivity (Wildman–Crippen MR) is 135 cm³/mol. The quantitative estimate of drug-likeness (QED) is 0.307. The molecule has 5 atom stereocenters. The van der Waals surface area contributed by atoms with Gasteiger partial charge in [-0.1, -0.05) is 36.4 Å². The van der Waals surface area contributed by atoms with Crippen molar-refractivity contribution in [1.29, 1.82) is 0 Å². The Bertz CT molecular complexity index is 1180. The van der Waals surface area contributed by atoms with Gasteiger partial charge in [0, 0.05) is 38.8 Å². The van der Waals surface area contributed by atoms with Crippen LogP contribution in [0.5, 0.6) is 0 Å². The van der Waals surface area contributed by atoms with Crippen molar-refractivity contribution in [3.05, 3.63) is 42.5 Å². The van der Waals surface area contributed by atoms with E-state index >= 15 is 0 Å². The number of rotatable bonds is 7. The fourth-order valence-corrected chi connectivity index (χ4v) is 4.19. The second-order valence-electron chi connectivity index (χ2n) is 8.25. The molecule has 0 spiro atoms. The van der Waals surface area contributed by atoms with Crippen LogP contribution in [0.25, 0.3) is 10.8 Å². The molecule has 0 radical (unpaired) electrons. The maximum Gasteiger partial charge on any atom is 0.303 e. The highest BCUT2D eigenvalue weighted by Gasteiger charge is 2.52. The second-order valence-corrected chi connectivity index (χ2v) is 8.65. The van der Waals surface area contributed by atoms with Gasteiger partial charge in [-0.05, 0) is 23.7 Å². The molecule has 1 aliphatic heterocycles. The standard InChI is InChI=1S/C25H28N2O9S/c1-13(28)32-12-20-21(33-14(2)29)22(34-15(3)30)23(35-16(4)31)24(36-20)27-25(37)26-19-11-7-9-17-8-5-6-10-18(17)19/h5-11,20-24H,12H2,1-4H3,(H2,26,27,37)/t20-,21-,22-,23-,24+/m0/s1. The van der Waals surface area contributed by atoms with Crippen molar-refractivity contribution < 1.29 is 42.9 Å². The van der Waals surface area contributed by atoms with Crippen molar-refractivity contribution in [2.75, 3.05) is 11.9 Å². The van der Waals surface area contributed by atoms with E-state index in [2.05, 4.69) is 10.6 Å². The van der Waals surface area contributed by atoms with Gasteiger partial charge in [-0.25, -0.2) is 0 Å². The highest BCUT2D eigenvalue weighted by molar-refractivity contribution is 7.80.